The van der Waals surface area contributed by atoms with E-state index in [9.17, 15) is 4.79 Å². The first kappa shape index (κ1) is 14.8. The Balaban J connectivity index is 2.86. The molecule has 1 rings (SSSR count). The summed E-state index contributed by atoms with van der Waals surface area (Å²) in [6.45, 7) is 2.62. The minimum atomic E-state index is -0.298. The van der Waals surface area contributed by atoms with E-state index in [1.54, 1.807) is 20.1 Å². The van der Waals surface area contributed by atoms with Gasteiger partial charge >= 0.3 is 0 Å². The maximum absolute atomic E-state index is 12.2. The summed E-state index contributed by atoms with van der Waals surface area (Å²) in [5.41, 5.74) is 0.839. The van der Waals surface area contributed by atoms with Gasteiger partial charge in [-0.3, -0.25) is 4.79 Å². The highest BCUT2D eigenvalue weighted by Gasteiger charge is 2.17. The predicted molar refractivity (Wildman–Crippen MR) is 66.6 cm³/mol. The highest BCUT2D eigenvalue weighted by Crippen LogP contribution is 2.08. The Hall–Kier alpha value is -1.24. The van der Waals surface area contributed by atoms with E-state index in [-0.39, 0.29) is 30.0 Å². The van der Waals surface area contributed by atoms with Gasteiger partial charge in [-0.15, -0.1) is 0 Å². The van der Waals surface area contributed by atoms with Gasteiger partial charge in [-0.25, -0.2) is 9.97 Å². The molecule has 1 heterocycles. The molecule has 0 radical (unpaired) electrons. The van der Waals surface area contributed by atoms with Gasteiger partial charge in [0.1, 0.15) is 5.69 Å². The molecule has 0 bridgehead atoms. The smallest absolute Gasteiger partial charge is 0.272 e. The Bertz CT molecular complexity index is 394. The van der Waals surface area contributed by atoms with Crippen LogP contribution in [0.4, 0.5) is 0 Å². The van der Waals surface area contributed by atoms with Crippen LogP contribution < -0.4 is 0 Å². The fourth-order valence-electron chi connectivity index (χ4n) is 1.44. The molecular weight excluding hydrogens is 258 g/mol. The second-order valence-corrected chi connectivity index (χ2v) is 4.01. The molecule has 18 heavy (non-hydrogen) atoms. The number of rotatable bonds is 6. The Kier molecular flexibility index (Phi) is 5.97. The number of halogens is 1. The van der Waals surface area contributed by atoms with E-state index in [0.717, 1.165) is 0 Å². The third-order valence-corrected chi connectivity index (χ3v) is 2.44. The zero-order chi connectivity index (χ0) is 13.5. The van der Waals surface area contributed by atoms with Crippen molar-refractivity contribution in [3.05, 3.63) is 22.7 Å². The van der Waals surface area contributed by atoms with Gasteiger partial charge in [-0.1, -0.05) is 0 Å². The van der Waals surface area contributed by atoms with Crippen molar-refractivity contribution in [1.82, 2.24) is 14.9 Å². The largest absolute Gasteiger partial charge is 0.395 e. The maximum atomic E-state index is 12.2. The second-order valence-electron chi connectivity index (χ2n) is 3.67. The number of aliphatic hydroxyl groups is 1. The number of aryl methyl sites for hydroxylation is 1. The third kappa shape index (κ3) is 4.21. The molecule has 6 nitrogen and oxygen atoms in total. The zero-order valence-electron chi connectivity index (χ0n) is 10.4. The van der Waals surface area contributed by atoms with Gasteiger partial charge in [0.2, 0.25) is 5.28 Å². The molecule has 0 unspecified atom stereocenters. The van der Waals surface area contributed by atoms with Gasteiger partial charge in [0, 0.05) is 25.9 Å². The first-order chi connectivity index (χ1) is 8.58. The fraction of sp³-hybridized carbons (Fsp3) is 0.545. The molecule has 0 aromatic carbocycles. The van der Waals surface area contributed by atoms with Crippen LogP contribution in [0, 0.1) is 6.92 Å². The Morgan fingerprint density at radius 2 is 2.22 bits per heavy atom. The van der Waals surface area contributed by atoms with E-state index in [2.05, 4.69) is 9.97 Å². The summed E-state index contributed by atoms with van der Waals surface area (Å²) in [5.74, 6) is -0.298. The number of hydrogen-bond acceptors (Lipinski definition) is 5. The Labute approximate surface area is 111 Å². The monoisotopic (exact) mass is 273 g/mol. The molecule has 100 valence electrons. The minimum absolute atomic E-state index is 0.0361. The van der Waals surface area contributed by atoms with Gasteiger partial charge in [0.25, 0.3) is 5.91 Å². The number of ether oxygens (including phenoxy) is 1. The highest BCUT2D eigenvalue weighted by atomic mass is 35.5. The van der Waals surface area contributed by atoms with Gasteiger partial charge in [0.15, 0.2) is 0 Å². The van der Waals surface area contributed by atoms with E-state index >= 15 is 0 Å². The SMILES string of the molecule is COCCN(CCO)C(=O)c1cc(C)nc(Cl)n1. The number of aliphatic hydroxyl groups excluding tert-OH is 1. The van der Waals surface area contributed by atoms with Crippen LogP contribution in [0.15, 0.2) is 6.07 Å². The van der Waals surface area contributed by atoms with Crippen molar-refractivity contribution in [1.29, 1.82) is 0 Å². The molecule has 0 atom stereocenters. The summed E-state index contributed by atoms with van der Waals surface area (Å²) in [6, 6.07) is 1.56. The zero-order valence-corrected chi connectivity index (χ0v) is 11.1. The Morgan fingerprint density at radius 3 is 2.78 bits per heavy atom. The number of carbonyl (C=O) groups excluding carboxylic acids is 1. The summed E-state index contributed by atoms with van der Waals surface area (Å²) < 4.78 is 4.92. The topological polar surface area (TPSA) is 75.6 Å². The first-order valence-corrected chi connectivity index (χ1v) is 5.86. The summed E-state index contributed by atoms with van der Waals surface area (Å²) >= 11 is 5.71. The van der Waals surface area contributed by atoms with Crippen molar-refractivity contribution < 1.29 is 14.6 Å². The van der Waals surface area contributed by atoms with Crippen molar-refractivity contribution >= 4 is 17.5 Å². The Morgan fingerprint density at radius 1 is 1.50 bits per heavy atom. The molecule has 1 aromatic heterocycles. The first-order valence-electron chi connectivity index (χ1n) is 5.48. The lowest BCUT2D eigenvalue weighted by Gasteiger charge is -2.20. The van der Waals surface area contributed by atoms with Gasteiger partial charge in [0.05, 0.1) is 13.2 Å². The van der Waals surface area contributed by atoms with Crippen LogP contribution in [0.2, 0.25) is 5.28 Å². The molecule has 7 heteroatoms. The minimum Gasteiger partial charge on any atom is -0.395 e. The number of carbonyl (C=O) groups is 1. The van der Waals surface area contributed by atoms with Crippen molar-refractivity contribution in [3.63, 3.8) is 0 Å². The number of amides is 1. The molecule has 0 saturated heterocycles. The van der Waals surface area contributed by atoms with E-state index in [4.69, 9.17) is 21.4 Å². The maximum Gasteiger partial charge on any atom is 0.272 e. The van der Waals surface area contributed by atoms with Crippen molar-refractivity contribution in [2.45, 2.75) is 6.92 Å². The summed E-state index contributed by atoms with van der Waals surface area (Å²) in [7, 11) is 1.55. The van der Waals surface area contributed by atoms with Crippen LogP contribution in [0.25, 0.3) is 0 Å². The molecule has 1 amide bonds. The molecule has 1 N–H and O–H groups in total. The summed E-state index contributed by atoms with van der Waals surface area (Å²) in [5, 5.41) is 8.98. The molecule has 0 aliphatic carbocycles. The van der Waals surface area contributed by atoms with E-state index in [0.29, 0.717) is 18.8 Å². The van der Waals surface area contributed by atoms with Crippen LogP contribution in [-0.4, -0.2) is 59.3 Å². The molecular formula is C11H16ClN3O3. The van der Waals surface area contributed by atoms with Crippen LogP contribution in [-0.2, 0) is 4.74 Å². The molecule has 0 aliphatic rings. The van der Waals surface area contributed by atoms with Gasteiger partial charge in [-0.05, 0) is 24.6 Å². The fourth-order valence-corrected chi connectivity index (χ4v) is 1.67. The van der Waals surface area contributed by atoms with Gasteiger partial charge in [-0.2, -0.15) is 0 Å². The molecule has 1 aromatic rings. The molecule has 0 fully saturated rings. The van der Waals surface area contributed by atoms with Crippen LogP contribution >= 0.6 is 11.6 Å². The number of methoxy groups -OCH3 is 1. The second kappa shape index (κ2) is 7.25. The van der Waals surface area contributed by atoms with Crippen molar-refractivity contribution in [3.8, 4) is 0 Å². The normalized spacial score (nSPS) is 10.4. The van der Waals surface area contributed by atoms with E-state index < -0.39 is 0 Å². The number of nitrogens with zero attached hydrogens (tertiary/aromatic N) is 3. The van der Waals surface area contributed by atoms with Crippen LogP contribution in [0.3, 0.4) is 0 Å². The average molecular weight is 274 g/mol. The lowest BCUT2D eigenvalue weighted by Crippen LogP contribution is -2.36. The molecule has 0 aliphatic heterocycles. The third-order valence-electron chi connectivity index (χ3n) is 2.27. The highest BCUT2D eigenvalue weighted by molar-refractivity contribution is 6.28. The number of aromatic nitrogens is 2. The predicted octanol–water partition coefficient (Wildman–Crippen LogP) is 0.519. The quantitative estimate of drug-likeness (QED) is 0.765. The van der Waals surface area contributed by atoms with E-state index in [1.807, 2.05) is 0 Å². The average Bonchev–Trinajstić information content (AvgIpc) is 2.32. The lowest BCUT2D eigenvalue weighted by molar-refractivity contribution is 0.0650. The molecule has 0 spiro atoms. The van der Waals surface area contributed by atoms with Crippen molar-refractivity contribution in [2.24, 2.45) is 0 Å². The molecule has 0 saturated carbocycles. The van der Waals surface area contributed by atoms with Crippen LogP contribution in [0.5, 0.6) is 0 Å². The standard InChI is InChI=1S/C11H16ClN3O3/c1-8-7-9(14-11(12)13-8)10(17)15(3-5-16)4-6-18-2/h7,16H,3-6H2,1-2H3. The summed E-state index contributed by atoms with van der Waals surface area (Å²) in [4.78, 5) is 21.4. The van der Waals surface area contributed by atoms with E-state index in [1.165, 1.54) is 4.90 Å². The van der Waals surface area contributed by atoms with Gasteiger partial charge < -0.3 is 14.7 Å². The lowest BCUT2D eigenvalue weighted by atomic mass is 10.3. The summed E-state index contributed by atoms with van der Waals surface area (Å²) in [6.07, 6.45) is 0. The van der Waals surface area contributed by atoms with Crippen molar-refractivity contribution in [2.75, 3.05) is 33.4 Å². The van der Waals surface area contributed by atoms with Crippen LogP contribution in [0.1, 0.15) is 16.2 Å². The number of hydrogen-bond donors (Lipinski definition) is 1.